The van der Waals surface area contributed by atoms with Crippen molar-refractivity contribution in [1.82, 2.24) is 9.97 Å². The Bertz CT molecular complexity index is 855. The standard InChI is InChI=1S/C22H24N2O3S/c1-22(26)12-17(27-18(25)13-22)14-28-21-23-19(15-8-4-2-5-9-15)20(24-21)16-10-6-3-7-11-16/h2-11,17-18,25-26H,12-14H2,1H3,(H,23,24)/t17-,18-,22+/m1/s1. The average molecular weight is 397 g/mol. The molecule has 4 rings (SSSR count). The van der Waals surface area contributed by atoms with Crippen molar-refractivity contribution < 1.29 is 14.9 Å². The molecule has 3 aromatic rings. The van der Waals surface area contributed by atoms with Crippen molar-refractivity contribution >= 4 is 11.8 Å². The monoisotopic (exact) mass is 396 g/mol. The van der Waals surface area contributed by atoms with Crippen LogP contribution in [0.5, 0.6) is 0 Å². The van der Waals surface area contributed by atoms with E-state index in [1.165, 1.54) is 0 Å². The van der Waals surface area contributed by atoms with E-state index in [-0.39, 0.29) is 12.5 Å². The molecule has 3 atom stereocenters. The van der Waals surface area contributed by atoms with Gasteiger partial charge in [-0.1, -0.05) is 72.4 Å². The molecule has 6 heteroatoms. The highest BCUT2D eigenvalue weighted by Crippen LogP contribution is 2.34. The van der Waals surface area contributed by atoms with Crippen LogP contribution >= 0.6 is 11.8 Å². The zero-order valence-electron chi connectivity index (χ0n) is 15.7. The number of aliphatic hydroxyl groups is 2. The van der Waals surface area contributed by atoms with Gasteiger partial charge in [-0.3, -0.25) is 0 Å². The van der Waals surface area contributed by atoms with Crippen molar-refractivity contribution in [3.63, 3.8) is 0 Å². The van der Waals surface area contributed by atoms with Gasteiger partial charge in [-0.25, -0.2) is 4.98 Å². The Kier molecular flexibility index (Phi) is 5.55. The highest BCUT2D eigenvalue weighted by atomic mass is 32.2. The van der Waals surface area contributed by atoms with Gasteiger partial charge in [0.15, 0.2) is 11.4 Å². The number of H-pyrrole nitrogens is 1. The van der Waals surface area contributed by atoms with Crippen LogP contribution in [0.4, 0.5) is 0 Å². The predicted octanol–water partition coefficient (Wildman–Crippen LogP) is 4.08. The molecule has 0 aliphatic carbocycles. The van der Waals surface area contributed by atoms with Crippen molar-refractivity contribution in [3.8, 4) is 22.5 Å². The maximum Gasteiger partial charge on any atom is 0.166 e. The van der Waals surface area contributed by atoms with Gasteiger partial charge in [0.1, 0.15) is 0 Å². The van der Waals surface area contributed by atoms with Gasteiger partial charge >= 0.3 is 0 Å². The lowest BCUT2D eigenvalue weighted by Crippen LogP contribution is -2.44. The van der Waals surface area contributed by atoms with Crippen LogP contribution in [0.15, 0.2) is 65.8 Å². The van der Waals surface area contributed by atoms with Crippen molar-refractivity contribution in [1.29, 1.82) is 0 Å². The Morgan fingerprint density at radius 2 is 1.71 bits per heavy atom. The summed E-state index contributed by atoms with van der Waals surface area (Å²) < 4.78 is 5.58. The number of hydrogen-bond donors (Lipinski definition) is 3. The van der Waals surface area contributed by atoms with Gasteiger partial charge in [0.05, 0.1) is 23.1 Å². The third kappa shape index (κ3) is 4.47. The van der Waals surface area contributed by atoms with Crippen LogP contribution in [0.3, 0.4) is 0 Å². The number of thioether (sulfide) groups is 1. The number of ether oxygens (including phenoxy) is 1. The second-order valence-electron chi connectivity index (χ2n) is 7.43. The van der Waals surface area contributed by atoms with E-state index in [0.717, 1.165) is 27.7 Å². The van der Waals surface area contributed by atoms with Crippen molar-refractivity contribution in [2.75, 3.05) is 5.75 Å². The highest BCUT2D eigenvalue weighted by Gasteiger charge is 2.35. The summed E-state index contributed by atoms with van der Waals surface area (Å²) in [5.74, 6) is 0.600. The number of imidazole rings is 1. The number of nitrogens with zero attached hydrogens (tertiary/aromatic N) is 1. The average Bonchev–Trinajstić information content (AvgIpc) is 3.11. The summed E-state index contributed by atoms with van der Waals surface area (Å²) in [5.41, 5.74) is 3.11. The van der Waals surface area contributed by atoms with Gasteiger partial charge in [-0.2, -0.15) is 0 Å². The van der Waals surface area contributed by atoms with Crippen LogP contribution in [-0.4, -0.2) is 43.9 Å². The van der Waals surface area contributed by atoms with E-state index >= 15 is 0 Å². The maximum atomic E-state index is 10.3. The summed E-state index contributed by atoms with van der Waals surface area (Å²) in [4.78, 5) is 8.26. The van der Waals surface area contributed by atoms with Crippen LogP contribution in [0.1, 0.15) is 19.8 Å². The quantitative estimate of drug-likeness (QED) is 0.566. The topological polar surface area (TPSA) is 78.4 Å². The van der Waals surface area contributed by atoms with Gasteiger partial charge in [0.2, 0.25) is 0 Å². The second-order valence-corrected chi connectivity index (χ2v) is 8.44. The van der Waals surface area contributed by atoms with E-state index in [1.54, 1.807) is 18.7 Å². The fourth-order valence-corrected chi connectivity index (χ4v) is 4.45. The fourth-order valence-electron chi connectivity index (χ4n) is 3.58. The van der Waals surface area contributed by atoms with E-state index in [1.807, 2.05) is 36.4 Å². The van der Waals surface area contributed by atoms with Gasteiger partial charge in [0.25, 0.3) is 0 Å². The summed E-state index contributed by atoms with van der Waals surface area (Å²) in [6.45, 7) is 1.74. The van der Waals surface area contributed by atoms with E-state index < -0.39 is 11.9 Å². The molecular weight excluding hydrogens is 372 g/mol. The summed E-state index contributed by atoms with van der Waals surface area (Å²) >= 11 is 1.54. The fraction of sp³-hybridized carbons (Fsp3) is 0.318. The van der Waals surface area contributed by atoms with Crippen molar-refractivity contribution in [3.05, 3.63) is 60.7 Å². The summed E-state index contributed by atoms with van der Waals surface area (Å²) in [6, 6.07) is 20.2. The van der Waals surface area contributed by atoms with Crippen molar-refractivity contribution in [2.45, 2.75) is 42.9 Å². The Labute approximate surface area is 168 Å². The molecule has 2 aromatic carbocycles. The van der Waals surface area contributed by atoms with Gasteiger partial charge in [-0.05, 0) is 6.92 Å². The first kappa shape index (κ1) is 19.2. The van der Waals surface area contributed by atoms with Gasteiger partial charge in [0, 0.05) is 29.7 Å². The Morgan fingerprint density at radius 3 is 2.36 bits per heavy atom. The normalized spacial score (nSPS) is 25.0. The molecule has 0 saturated carbocycles. The molecule has 1 fully saturated rings. The number of rotatable bonds is 5. The first-order chi connectivity index (χ1) is 13.5. The molecule has 0 radical (unpaired) electrons. The third-order valence-electron chi connectivity index (χ3n) is 4.83. The zero-order valence-corrected chi connectivity index (χ0v) is 16.5. The first-order valence-corrected chi connectivity index (χ1v) is 10.4. The SMILES string of the molecule is C[C@]1(O)C[C@H](CSc2nc(-c3ccccc3)c(-c3ccccc3)[nH]2)O[C@@H](O)C1. The molecule has 3 N–H and O–H groups in total. The molecule has 0 bridgehead atoms. The Morgan fingerprint density at radius 1 is 1.07 bits per heavy atom. The molecule has 1 aliphatic rings. The molecule has 0 amide bonds. The minimum atomic E-state index is -0.925. The minimum Gasteiger partial charge on any atom is -0.390 e. The number of nitrogens with one attached hydrogen (secondary N) is 1. The van der Waals surface area contributed by atoms with Gasteiger partial charge < -0.3 is 19.9 Å². The predicted molar refractivity (Wildman–Crippen MR) is 111 cm³/mol. The molecule has 1 saturated heterocycles. The molecule has 0 spiro atoms. The van der Waals surface area contributed by atoms with Crippen LogP contribution in [0.25, 0.3) is 22.5 Å². The van der Waals surface area contributed by atoms with E-state index in [2.05, 4.69) is 29.2 Å². The Balaban J connectivity index is 1.58. The smallest absolute Gasteiger partial charge is 0.166 e. The lowest BCUT2D eigenvalue weighted by atomic mass is 9.92. The van der Waals surface area contributed by atoms with Crippen molar-refractivity contribution in [2.24, 2.45) is 0 Å². The summed E-state index contributed by atoms with van der Waals surface area (Å²) in [7, 11) is 0. The maximum absolute atomic E-state index is 10.3. The van der Waals surface area contributed by atoms with E-state index in [4.69, 9.17) is 9.72 Å². The highest BCUT2D eigenvalue weighted by molar-refractivity contribution is 7.99. The summed E-state index contributed by atoms with van der Waals surface area (Å²) in [6.07, 6.45) is -0.417. The molecule has 1 aliphatic heterocycles. The van der Waals surface area contributed by atoms with E-state index in [0.29, 0.717) is 12.2 Å². The van der Waals surface area contributed by atoms with Crippen LogP contribution in [-0.2, 0) is 4.74 Å². The second kappa shape index (κ2) is 8.09. The Hall–Kier alpha value is -2.12. The largest absolute Gasteiger partial charge is 0.390 e. The number of aromatic nitrogens is 2. The minimum absolute atomic E-state index is 0.228. The molecule has 2 heterocycles. The lowest BCUT2D eigenvalue weighted by Gasteiger charge is -2.36. The summed E-state index contributed by atoms with van der Waals surface area (Å²) in [5, 5.41) is 20.9. The van der Waals surface area contributed by atoms with Crippen LogP contribution in [0.2, 0.25) is 0 Å². The van der Waals surface area contributed by atoms with Crippen LogP contribution < -0.4 is 0 Å². The lowest BCUT2D eigenvalue weighted by molar-refractivity contribution is -0.207. The molecule has 1 aromatic heterocycles. The number of aliphatic hydroxyl groups excluding tert-OH is 1. The molecule has 146 valence electrons. The molecule has 28 heavy (non-hydrogen) atoms. The number of benzene rings is 2. The third-order valence-corrected chi connectivity index (χ3v) is 5.83. The number of hydrogen-bond acceptors (Lipinski definition) is 5. The van der Waals surface area contributed by atoms with Crippen LogP contribution in [0, 0.1) is 0 Å². The first-order valence-electron chi connectivity index (χ1n) is 9.40. The zero-order chi connectivity index (χ0) is 19.6. The van der Waals surface area contributed by atoms with Gasteiger partial charge in [-0.15, -0.1) is 0 Å². The van der Waals surface area contributed by atoms with E-state index in [9.17, 15) is 10.2 Å². The number of aromatic amines is 1. The molecular formula is C22H24N2O3S. The molecule has 0 unspecified atom stereocenters. The molecule has 5 nitrogen and oxygen atoms in total.